The molecule has 1 heterocycles. The molecule has 0 saturated carbocycles. The van der Waals surface area contributed by atoms with Crippen molar-refractivity contribution < 1.29 is 22.7 Å². The summed E-state index contributed by atoms with van der Waals surface area (Å²) in [6, 6.07) is 4.84. The van der Waals surface area contributed by atoms with Crippen molar-refractivity contribution >= 4 is 24.4 Å². The lowest BCUT2D eigenvalue weighted by Crippen LogP contribution is -2.15. The predicted octanol–water partition coefficient (Wildman–Crippen LogP) is 3.80. The van der Waals surface area contributed by atoms with Gasteiger partial charge in [-0.15, -0.1) is 11.8 Å². The lowest BCUT2D eigenvalue weighted by atomic mass is 10.1. The number of carbonyl (C=O) groups is 1. The standard InChI is InChI=1S/C14H12F3NO2S/c1-18-11-6-7-20-13(19)12(11)21-8-9-2-4-10(5-3-9)14(15,16)17/h2-5H,1,6-8H2. The maximum absolute atomic E-state index is 12.5. The molecule has 1 aromatic rings. The van der Waals surface area contributed by atoms with Crippen LogP contribution in [0.5, 0.6) is 0 Å². The van der Waals surface area contributed by atoms with Crippen LogP contribution in [0.2, 0.25) is 0 Å². The number of nitrogens with zero attached hydrogens (tertiary/aromatic N) is 1. The van der Waals surface area contributed by atoms with E-state index in [1.807, 2.05) is 0 Å². The van der Waals surface area contributed by atoms with Crippen molar-refractivity contribution in [1.29, 1.82) is 0 Å². The van der Waals surface area contributed by atoms with Crippen molar-refractivity contribution in [1.82, 2.24) is 0 Å². The number of hydrogen-bond donors (Lipinski definition) is 0. The van der Waals surface area contributed by atoms with E-state index in [1.165, 1.54) is 23.9 Å². The fourth-order valence-electron chi connectivity index (χ4n) is 1.78. The molecule has 21 heavy (non-hydrogen) atoms. The number of hydrogen-bond acceptors (Lipinski definition) is 4. The van der Waals surface area contributed by atoms with Gasteiger partial charge in [0.15, 0.2) is 0 Å². The number of alkyl halides is 3. The third-order valence-electron chi connectivity index (χ3n) is 2.87. The Bertz CT molecular complexity index is 579. The van der Waals surface area contributed by atoms with Gasteiger partial charge in [-0.2, -0.15) is 13.2 Å². The largest absolute Gasteiger partial charge is 0.461 e. The highest BCUT2D eigenvalue weighted by atomic mass is 32.2. The zero-order valence-corrected chi connectivity index (χ0v) is 11.8. The van der Waals surface area contributed by atoms with E-state index in [9.17, 15) is 18.0 Å². The van der Waals surface area contributed by atoms with Crippen molar-refractivity contribution in [3.63, 3.8) is 0 Å². The molecular weight excluding hydrogens is 303 g/mol. The van der Waals surface area contributed by atoms with Gasteiger partial charge in [-0.3, -0.25) is 4.99 Å². The van der Waals surface area contributed by atoms with E-state index in [0.29, 0.717) is 28.3 Å². The lowest BCUT2D eigenvalue weighted by Gasteiger charge is -2.16. The number of aliphatic imine (C=N–C) groups is 1. The van der Waals surface area contributed by atoms with Crippen LogP contribution in [0.3, 0.4) is 0 Å². The first-order valence-electron chi connectivity index (χ1n) is 6.07. The minimum absolute atomic E-state index is 0.275. The number of ether oxygens (including phenoxy) is 1. The molecule has 7 heteroatoms. The van der Waals surface area contributed by atoms with Gasteiger partial charge in [0.05, 0.1) is 17.9 Å². The second-order valence-electron chi connectivity index (χ2n) is 4.30. The van der Waals surface area contributed by atoms with Crippen molar-refractivity contribution in [3.05, 3.63) is 46.0 Å². The number of esters is 1. The fourth-order valence-corrected chi connectivity index (χ4v) is 2.79. The molecule has 0 radical (unpaired) electrons. The number of carbonyl (C=O) groups excluding carboxylic acids is 1. The summed E-state index contributed by atoms with van der Waals surface area (Å²) >= 11 is 1.19. The second-order valence-corrected chi connectivity index (χ2v) is 5.29. The topological polar surface area (TPSA) is 38.7 Å². The van der Waals surface area contributed by atoms with Gasteiger partial charge < -0.3 is 4.74 Å². The molecule has 0 atom stereocenters. The third kappa shape index (κ3) is 3.87. The van der Waals surface area contributed by atoms with Crippen LogP contribution < -0.4 is 0 Å². The Kier molecular flexibility index (Phi) is 4.72. The normalized spacial score (nSPS) is 15.9. The van der Waals surface area contributed by atoms with E-state index >= 15 is 0 Å². The second kappa shape index (κ2) is 6.34. The summed E-state index contributed by atoms with van der Waals surface area (Å²) in [5.41, 5.74) is 0.562. The van der Waals surface area contributed by atoms with Gasteiger partial charge in [-0.05, 0) is 24.4 Å². The molecule has 0 N–H and O–H groups in total. The molecule has 1 aromatic carbocycles. The van der Waals surface area contributed by atoms with Gasteiger partial charge in [0.1, 0.15) is 4.91 Å². The summed E-state index contributed by atoms with van der Waals surface area (Å²) < 4.78 is 42.3. The number of thioether (sulfide) groups is 1. The van der Waals surface area contributed by atoms with Crippen LogP contribution in [0.1, 0.15) is 17.5 Å². The molecule has 112 valence electrons. The third-order valence-corrected chi connectivity index (χ3v) is 4.04. The fraction of sp³-hybridized carbons (Fsp3) is 0.286. The van der Waals surface area contributed by atoms with Crippen molar-refractivity contribution in [2.45, 2.75) is 18.3 Å². The van der Waals surface area contributed by atoms with Crippen LogP contribution in [-0.4, -0.2) is 19.3 Å². The molecule has 0 aromatic heterocycles. The van der Waals surface area contributed by atoms with Crippen LogP contribution in [0.25, 0.3) is 0 Å². The predicted molar refractivity (Wildman–Crippen MR) is 74.9 cm³/mol. The molecule has 1 aliphatic heterocycles. The van der Waals surface area contributed by atoms with E-state index in [2.05, 4.69) is 11.7 Å². The van der Waals surface area contributed by atoms with E-state index in [0.717, 1.165) is 12.1 Å². The minimum Gasteiger partial charge on any atom is -0.461 e. The highest BCUT2D eigenvalue weighted by Gasteiger charge is 2.30. The summed E-state index contributed by atoms with van der Waals surface area (Å²) in [4.78, 5) is 15.8. The zero-order chi connectivity index (χ0) is 15.5. The van der Waals surface area contributed by atoms with Crippen molar-refractivity contribution in [2.75, 3.05) is 6.61 Å². The molecule has 0 amide bonds. The molecule has 3 nitrogen and oxygen atoms in total. The first kappa shape index (κ1) is 15.6. The lowest BCUT2D eigenvalue weighted by molar-refractivity contribution is -0.139. The smallest absolute Gasteiger partial charge is 0.416 e. The summed E-state index contributed by atoms with van der Waals surface area (Å²) in [6.45, 7) is 3.68. The Morgan fingerprint density at radius 1 is 1.29 bits per heavy atom. The average Bonchev–Trinajstić information content (AvgIpc) is 2.45. The quantitative estimate of drug-likeness (QED) is 0.626. The maximum Gasteiger partial charge on any atom is 0.416 e. The Labute approximate surface area is 123 Å². The highest BCUT2D eigenvalue weighted by molar-refractivity contribution is 8.03. The number of cyclic esters (lactones) is 1. The zero-order valence-electron chi connectivity index (χ0n) is 10.9. The van der Waals surface area contributed by atoms with E-state index in [-0.39, 0.29) is 6.61 Å². The number of rotatable bonds is 4. The summed E-state index contributed by atoms with van der Waals surface area (Å²) in [6.07, 6.45) is -3.84. The number of benzene rings is 1. The van der Waals surface area contributed by atoms with Crippen molar-refractivity contribution in [3.8, 4) is 0 Å². The van der Waals surface area contributed by atoms with Crippen molar-refractivity contribution in [2.24, 2.45) is 4.99 Å². The minimum atomic E-state index is -4.35. The molecular formula is C14H12F3NO2S. The molecule has 0 bridgehead atoms. The Hall–Kier alpha value is -1.76. The van der Waals surface area contributed by atoms with Gasteiger partial charge in [0.2, 0.25) is 0 Å². The van der Waals surface area contributed by atoms with E-state index < -0.39 is 17.7 Å². The van der Waals surface area contributed by atoms with E-state index in [1.54, 1.807) is 0 Å². The van der Waals surface area contributed by atoms with Gasteiger partial charge >= 0.3 is 12.1 Å². The van der Waals surface area contributed by atoms with Crippen LogP contribution in [0.15, 0.2) is 39.9 Å². The molecule has 0 unspecified atom stereocenters. The summed E-state index contributed by atoms with van der Waals surface area (Å²) in [5.74, 6) is -0.0951. The molecule has 1 aliphatic rings. The first-order chi connectivity index (χ1) is 9.91. The summed E-state index contributed by atoms with van der Waals surface area (Å²) in [5, 5.41) is 0. The SMILES string of the molecule is C=NC1=C(SCc2ccc(C(F)(F)F)cc2)C(=O)OCC1. The Morgan fingerprint density at radius 2 is 1.95 bits per heavy atom. The molecule has 0 saturated heterocycles. The average molecular weight is 315 g/mol. The Balaban J connectivity index is 2.07. The molecule has 0 aliphatic carbocycles. The number of halogens is 3. The van der Waals surface area contributed by atoms with Crippen LogP contribution in [-0.2, 0) is 21.5 Å². The van der Waals surface area contributed by atoms with Gasteiger partial charge in [-0.1, -0.05) is 12.1 Å². The maximum atomic E-state index is 12.5. The van der Waals surface area contributed by atoms with Crippen LogP contribution in [0.4, 0.5) is 13.2 Å². The monoisotopic (exact) mass is 315 g/mol. The first-order valence-corrected chi connectivity index (χ1v) is 7.06. The van der Waals surface area contributed by atoms with Crippen LogP contribution in [0, 0.1) is 0 Å². The molecule has 0 spiro atoms. The van der Waals surface area contributed by atoms with Gasteiger partial charge in [-0.25, -0.2) is 4.79 Å². The highest BCUT2D eigenvalue weighted by Crippen LogP contribution is 2.32. The molecule has 0 fully saturated rings. The molecule has 2 rings (SSSR count). The van der Waals surface area contributed by atoms with Gasteiger partial charge in [0.25, 0.3) is 0 Å². The van der Waals surface area contributed by atoms with Crippen LogP contribution >= 0.6 is 11.8 Å². The van der Waals surface area contributed by atoms with E-state index in [4.69, 9.17) is 4.74 Å². The van der Waals surface area contributed by atoms with Gasteiger partial charge in [0, 0.05) is 12.2 Å². The Morgan fingerprint density at radius 3 is 2.52 bits per heavy atom. The summed E-state index contributed by atoms with van der Waals surface area (Å²) in [7, 11) is 0.